The van der Waals surface area contributed by atoms with Crippen LogP contribution in [0.3, 0.4) is 0 Å². The Balaban J connectivity index is 2.10. The van der Waals surface area contributed by atoms with E-state index in [-0.39, 0.29) is 24.6 Å². The molecule has 0 spiro atoms. The molecule has 6 heteroatoms. The topological polar surface area (TPSA) is 49.8 Å². The summed E-state index contributed by atoms with van der Waals surface area (Å²) in [5.41, 5.74) is 0.563. The first-order chi connectivity index (χ1) is 8.06. The molecule has 0 saturated carbocycles. The molecule has 1 atom stereocenters. The number of rotatable bonds is 3. The molecule has 1 fully saturated rings. The number of ether oxygens (including phenoxy) is 1. The molecule has 92 valence electrons. The van der Waals surface area contributed by atoms with Crippen molar-refractivity contribution in [3.63, 3.8) is 0 Å². The van der Waals surface area contributed by atoms with Crippen LogP contribution in [0.4, 0.5) is 14.5 Å². The predicted octanol–water partition coefficient (Wildman–Crippen LogP) is 1.39. The third-order valence-electron chi connectivity index (χ3n) is 2.48. The Labute approximate surface area is 96.4 Å². The second-order valence-corrected chi connectivity index (χ2v) is 3.73. The highest BCUT2D eigenvalue weighted by atomic mass is 19.3. The van der Waals surface area contributed by atoms with Crippen LogP contribution < -0.4 is 9.64 Å². The fraction of sp³-hybridized carbons (Fsp3) is 0.364. The largest absolute Gasteiger partial charge is 0.435 e. The minimum absolute atomic E-state index is 0.0379. The van der Waals surface area contributed by atoms with Crippen molar-refractivity contribution in [1.29, 1.82) is 0 Å². The van der Waals surface area contributed by atoms with Crippen LogP contribution in [0.15, 0.2) is 24.3 Å². The maximum Gasteiger partial charge on any atom is 0.387 e. The van der Waals surface area contributed by atoms with E-state index in [2.05, 4.69) is 4.74 Å². The fourth-order valence-electron chi connectivity index (χ4n) is 1.75. The fourth-order valence-corrected chi connectivity index (χ4v) is 1.75. The zero-order chi connectivity index (χ0) is 12.4. The van der Waals surface area contributed by atoms with Crippen molar-refractivity contribution in [2.75, 3.05) is 11.4 Å². The summed E-state index contributed by atoms with van der Waals surface area (Å²) >= 11 is 0. The van der Waals surface area contributed by atoms with Crippen molar-refractivity contribution < 1.29 is 23.4 Å². The van der Waals surface area contributed by atoms with E-state index in [0.29, 0.717) is 5.69 Å². The summed E-state index contributed by atoms with van der Waals surface area (Å²) in [6.45, 7) is -2.63. The quantitative estimate of drug-likeness (QED) is 0.872. The number of aliphatic hydroxyl groups excluding tert-OH is 1. The monoisotopic (exact) mass is 243 g/mol. The van der Waals surface area contributed by atoms with Crippen molar-refractivity contribution in [2.24, 2.45) is 0 Å². The number of hydrogen-bond acceptors (Lipinski definition) is 3. The Bertz CT molecular complexity index is 408. The number of β-amino-alcohol motifs (C(OH)–C–C–N with tert-alkyl or cyclic N) is 1. The minimum atomic E-state index is -2.86. The van der Waals surface area contributed by atoms with E-state index < -0.39 is 12.7 Å². The molecule has 4 nitrogen and oxygen atoms in total. The van der Waals surface area contributed by atoms with E-state index in [4.69, 9.17) is 0 Å². The smallest absolute Gasteiger partial charge is 0.387 e. The summed E-state index contributed by atoms with van der Waals surface area (Å²) in [6.07, 6.45) is -0.575. The molecule has 0 aliphatic carbocycles. The third-order valence-corrected chi connectivity index (χ3v) is 2.48. The highest BCUT2D eigenvalue weighted by Gasteiger charge is 2.28. The molecular formula is C11H11F2NO3. The normalized spacial score (nSPS) is 20.1. The predicted molar refractivity (Wildman–Crippen MR) is 56.1 cm³/mol. The number of anilines is 1. The summed E-state index contributed by atoms with van der Waals surface area (Å²) in [5.74, 6) is -0.143. The standard InChI is InChI=1S/C11H11F2NO3/c12-11(13)17-9-3-1-7(2-4-9)14-6-8(15)5-10(14)16/h1-4,8,11,15H,5-6H2. The van der Waals surface area contributed by atoms with Gasteiger partial charge in [0.05, 0.1) is 19.1 Å². The Morgan fingerprint density at radius 2 is 2.00 bits per heavy atom. The van der Waals surface area contributed by atoms with Gasteiger partial charge in [0.2, 0.25) is 5.91 Å². The average Bonchev–Trinajstić information content (AvgIpc) is 2.58. The average molecular weight is 243 g/mol. The SMILES string of the molecule is O=C1CC(O)CN1c1ccc(OC(F)F)cc1. The Morgan fingerprint density at radius 1 is 1.35 bits per heavy atom. The van der Waals surface area contributed by atoms with E-state index in [1.807, 2.05) is 0 Å². The van der Waals surface area contributed by atoms with Gasteiger partial charge in [-0.2, -0.15) is 8.78 Å². The van der Waals surface area contributed by atoms with Gasteiger partial charge in [0, 0.05) is 5.69 Å². The maximum atomic E-state index is 11.9. The molecule has 1 saturated heterocycles. The molecular weight excluding hydrogens is 232 g/mol. The molecule has 0 radical (unpaired) electrons. The highest BCUT2D eigenvalue weighted by molar-refractivity contribution is 5.96. The van der Waals surface area contributed by atoms with Crippen LogP contribution in [0.25, 0.3) is 0 Å². The molecule has 0 bridgehead atoms. The van der Waals surface area contributed by atoms with E-state index >= 15 is 0 Å². The van der Waals surface area contributed by atoms with Crippen LogP contribution >= 0.6 is 0 Å². The zero-order valence-corrected chi connectivity index (χ0v) is 8.85. The Kier molecular flexibility index (Phi) is 3.23. The van der Waals surface area contributed by atoms with Gasteiger partial charge >= 0.3 is 6.61 Å². The van der Waals surface area contributed by atoms with Crippen molar-refractivity contribution in [2.45, 2.75) is 19.1 Å². The number of alkyl halides is 2. The summed E-state index contributed by atoms with van der Waals surface area (Å²) in [6, 6.07) is 5.74. The molecule has 1 aromatic carbocycles. The Morgan fingerprint density at radius 3 is 2.47 bits per heavy atom. The summed E-state index contributed by atoms with van der Waals surface area (Å²) in [7, 11) is 0. The first kappa shape index (κ1) is 11.8. The zero-order valence-electron chi connectivity index (χ0n) is 8.85. The lowest BCUT2D eigenvalue weighted by atomic mass is 10.3. The van der Waals surface area contributed by atoms with Crippen LogP contribution in [0.2, 0.25) is 0 Å². The van der Waals surface area contributed by atoms with Gasteiger partial charge in [-0.25, -0.2) is 0 Å². The number of halogens is 2. The first-order valence-corrected chi connectivity index (χ1v) is 5.09. The van der Waals surface area contributed by atoms with Crippen molar-refractivity contribution in [1.82, 2.24) is 0 Å². The third kappa shape index (κ3) is 2.71. The second-order valence-electron chi connectivity index (χ2n) is 3.73. The number of benzene rings is 1. The van der Waals surface area contributed by atoms with Gasteiger partial charge in [0.25, 0.3) is 0 Å². The van der Waals surface area contributed by atoms with E-state index in [0.717, 1.165) is 0 Å². The van der Waals surface area contributed by atoms with Crippen LogP contribution in [0.5, 0.6) is 5.75 Å². The van der Waals surface area contributed by atoms with Gasteiger partial charge in [0.1, 0.15) is 5.75 Å². The lowest BCUT2D eigenvalue weighted by Crippen LogP contribution is -2.25. The summed E-state index contributed by atoms with van der Waals surface area (Å²) in [5, 5.41) is 9.32. The van der Waals surface area contributed by atoms with E-state index in [1.165, 1.54) is 29.2 Å². The summed E-state index contributed by atoms with van der Waals surface area (Å²) in [4.78, 5) is 12.9. The number of amides is 1. The molecule has 1 amide bonds. The van der Waals surface area contributed by atoms with Gasteiger partial charge in [0.15, 0.2) is 0 Å². The second kappa shape index (κ2) is 4.67. The molecule has 2 rings (SSSR count). The van der Waals surface area contributed by atoms with E-state index in [9.17, 15) is 18.7 Å². The molecule has 1 aliphatic rings. The van der Waals surface area contributed by atoms with Gasteiger partial charge in [-0.1, -0.05) is 0 Å². The number of carbonyl (C=O) groups is 1. The molecule has 1 heterocycles. The van der Waals surface area contributed by atoms with Gasteiger partial charge in [-0.3, -0.25) is 4.79 Å². The van der Waals surface area contributed by atoms with Crippen molar-refractivity contribution >= 4 is 11.6 Å². The Hall–Kier alpha value is -1.69. The maximum absolute atomic E-state index is 11.9. The molecule has 1 aromatic rings. The highest BCUT2D eigenvalue weighted by Crippen LogP contribution is 2.24. The molecule has 17 heavy (non-hydrogen) atoms. The van der Waals surface area contributed by atoms with Crippen molar-refractivity contribution in [3.8, 4) is 5.75 Å². The van der Waals surface area contributed by atoms with E-state index in [1.54, 1.807) is 0 Å². The molecule has 1 unspecified atom stereocenters. The minimum Gasteiger partial charge on any atom is -0.435 e. The lowest BCUT2D eigenvalue weighted by Gasteiger charge is -2.16. The number of hydrogen-bond donors (Lipinski definition) is 1. The van der Waals surface area contributed by atoms with Crippen LogP contribution in [0, 0.1) is 0 Å². The number of aliphatic hydroxyl groups is 1. The summed E-state index contributed by atoms with van der Waals surface area (Å²) < 4.78 is 28.0. The molecule has 1 aliphatic heterocycles. The van der Waals surface area contributed by atoms with Crippen molar-refractivity contribution in [3.05, 3.63) is 24.3 Å². The lowest BCUT2D eigenvalue weighted by molar-refractivity contribution is -0.117. The van der Waals surface area contributed by atoms with Crippen LogP contribution in [0.1, 0.15) is 6.42 Å². The van der Waals surface area contributed by atoms with Gasteiger partial charge in [-0.15, -0.1) is 0 Å². The molecule has 1 N–H and O–H groups in total. The van der Waals surface area contributed by atoms with Crippen LogP contribution in [-0.4, -0.2) is 30.3 Å². The van der Waals surface area contributed by atoms with Crippen LogP contribution in [-0.2, 0) is 4.79 Å². The molecule has 0 aromatic heterocycles. The number of carbonyl (C=O) groups excluding carboxylic acids is 1. The first-order valence-electron chi connectivity index (χ1n) is 5.09. The van der Waals surface area contributed by atoms with Gasteiger partial charge < -0.3 is 14.7 Å². The number of nitrogens with zero attached hydrogens (tertiary/aromatic N) is 1. The van der Waals surface area contributed by atoms with Gasteiger partial charge in [-0.05, 0) is 24.3 Å².